The number of rotatable bonds is 0. The lowest BCUT2D eigenvalue weighted by Gasteiger charge is -2.08. The zero-order valence-electron chi connectivity index (χ0n) is 7.32. The molecule has 5 heteroatoms. The highest BCUT2D eigenvalue weighted by molar-refractivity contribution is 9.11. The number of anilines is 1. The number of hydrogen-bond donors (Lipinski definition) is 1. The molecule has 0 aromatic heterocycles. The topological polar surface area (TPSA) is 26.0 Å². The van der Waals surface area contributed by atoms with E-state index in [1.807, 2.05) is 0 Å². The van der Waals surface area contributed by atoms with E-state index < -0.39 is 5.82 Å². The first-order chi connectivity index (χ1) is 7.02. The number of nitrogen functional groups attached to an aromatic ring is 1. The van der Waals surface area contributed by atoms with E-state index in [4.69, 9.17) is 17.3 Å². The van der Waals surface area contributed by atoms with Gasteiger partial charge in [0.1, 0.15) is 5.82 Å². The van der Waals surface area contributed by atoms with Gasteiger partial charge in [-0.25, -0.2) is 4.39 Å². The molecule has 0 radical (unpaired) electrons. The largest absolute Gasteiger partial charge is 0.397 e. The van der Waals surface area contributed by atoms with Crippen molar-refractivity contribution in [2.45, 2.75) is 0 Å². The summed E-state index contributed by atoms with van der Waals surface area (Å²) >= 11 is 12.5. The maximum atomic E-state index is 13.3. The third-order valence-corrected chi connectivity index (χ3v) is 3.79. The molecule has 0 aliphatic carbocycles. The average Bonchev–Trinajstić information content (AvgIpc) is 2.18. The van der Waals surface area contributed by atoms with Crippen LogP contribution in [0.2, 0.25) is 5.02 Å². The van der Waals surface area contributed by atoms with Gasteiger partial charge in [0.2, 0.25) is 0 Å². The van der Waals surface area contributed by atoms with Crippen LogP contribution in [0.5, 0.6) is 0 Å². The molecule has 0 unspecified atom stereocenters. The molecule has 2 aromatic carbocycles. The Morgan fingerprint density at radius 2 is 1.87 bits per heavy atom. The monoisotopic (exact) mass is 351 g/mol. The second-order valence-corrected chi connectivity index (χ2v) is 5.12. The maximum absolute atomic E-state index is 13.3. The van der Waals surface area contributed by atoms with Crippen LogP contribution in [0.1, 0.15) is 0 Å². The molecule has 0 heterocycles. The molecule has 0 fully saturated rings. The predicted molar refractivity (Wildman–Crippen MR) is 68.7 cm³/mol. The van der Waals surface area contributed by atoms with E-state index in [0.717, 1.165) is 9.86 Å². The van der Waals surface area contributed by atoms with E-state index in [1.54, 1.807) is 12.1 Å². The van der Waals surface area contributed by atoms with E-state index in [-0.39, 0.29) is 5.02 Å². The maximum Gasteiger partial charge on any atom is 0.142 e. The van der Waals surface area contributed by atoms with Gasteiger partial charge in [-0.05, 0) is 34.1 Å². The van der Waals surface area contributed by atoms with Gasteiger partial charge in [0.15, 0.2) is 0 Å². The van der Waals surface area contributed by atoms with Crippen molar-refractivity contribution >= 4 is 59.9 Å². The number of halogens is 4. The average molecular weight is 353 g/mol. The molecule has 2 rings (SSSR count). The summed E-state index contributed by atoms with van der Waals surface area (Å²) in [6, 6.07) is 4.67. The van der Waals surface area contributed by atoms with E-state index in [1.165, 1.54) is 6.07 Å². The van der Waals surface area contributed by atoms with Gasteiger partial charge in [0.25, 0.3) is 0 Å². The van der Waals surface area contributed by atoms with Crippen LogP contribution in [0.3, 0.4) is 0 Å². The molecule has 1 nitrogen and oxygen atoms in total. The van der Waals surface area contributed by atoms with Crippen LogP contribution in [-0.4, -0.2) is 0 Å². The second-order valence-electron chi connectivity index (χ2n) is 3.04. The van der Waals surface area contributed by atoms with E-state index in [9.17, 15) is 4.39 Å². The van der Waals surface area contributed by atoms with E-state index >= 15 is 0 Å². The molecule has 0 aliphatic rings. The Hall–Kier alpha value is -0.320. The van der Waals surface area contributed by atoms with Gasteiger partial charge in [0.05, 0.1) is 10.7 Å². The van der Waals surface area contributed by atoms with Crippen molar-refractivity contribution in [3.05, 3.63) is 38.0 Å². The third kappa shape index (κ3) is 1.75. The van der Waals surface area contributed by atoms with Crippen LogP contribution < -0.4 is 5.73 Å². The fourth-order valence-corrected chi connectivity index (χ4v) is 3.17. The van der Waals surface area contributed by atoms with Gasteiger partial charge < -0.3 is 5.73 Å². The molecule has 0 atom stereocenters. The molecule has 2 aromatic rings. The van der Waals surface area contributed by atoms with E-state index in [0.29, 0.717) is 15.5 Å². The Balaban J connectivity index is 3.03. The van der Waals surface area contributed by atoms with Crippen molar-refractivity contribution in [2.75, 3.05) is 5.73 Å². The Morgan fingerprint density at radius 1 is 1.20 bits per heavy atom. The summed E-state index contributed by atoms with van der Waals surface area (Å²) in [4.78, 5) is 0. The van der Waals surface area contributed by atoms with Gasteiger partial charge in [-0.15, -0.1) is 0 Å². The SMILES string of the molecule is Nc1c(Br)cc(Br)c2c(Cl)c(F)ccc12. The molecule has 15 heavy (non-hydrogen) atoms. The minimum absolute atomic E-state index is 0.0820. The van der Waals surface area contributed by atoms with Crippen LogP contribution in [0.4, 0.5) is 10.1 Å². The Kier molecular flexibility index (Phi) is 2.92. The summed E-state index contributed by atoms with van der Waals surface area (Å²) in [6.45, 7) is 0. The zero-order valence-corrected chi connectivity index (χ0v) is 11.2. The summed E-state index contributed by atoms with van der Waals surface area (Å²) in [6.07, 6.45) is 0. The predicted octanol–water partition coefficient (Wildman–Crippen LogP) is 4.74. The highest BCUT2D eigenvalue weighted by Crippen LogP contribution is 2.39. The first-order valence-electron chi connectivity index (χ1n) is 4.03. The van der Waals surface area contributed by atoms with Crippen molar-refractivity contribution in [1.82, 2.24) is 0 Å². The normalized spacial score (nSPS) is 10.9. The highest BCUT2D eigenvalue weighted by Gasteiger charge is 2.12. The minimum Gasteiger partial charge on any atom is -0.397 e. The van der Waals surface area contributed by atoms with Gasteiger partial charge >= 0.3 is 0 Å². The van der Waals surface area contributed by atoms with Crippen LogP contribution in [0.25, 0.3) is 10.8 Å². The molecule has 0 saturated carbocycles. The molecule has 0 aliphatic heterocycles. The molecule has 0 spiro atoms. The summed E-state index contributed by atoms with van der Waals surface area (Å²) in [5.41, 5.74) is 6.41. The second kappa shape index (κ2) is 3.92. The standard InChI is InChI=1S/C10H5Br2ClFN/c11-5-3-6(12)10(15)4-1-2-7(14)9(13)8(4)5/h1-3H,15H2. The van der Waals surface area contributed by atoms with Crippen molar-refractivity contribution < 1.29 is 4.39 Å². The molecule has 2 N–H and O–H groups in total. The first kappa shape index (κ1) is 11.2. The summed E-state index contributed by atoms with van der Waals surface area (Å²) in [5, 5.41) is 1.40. The first-order valence-corrected chi connectivity index (χ1v) is 6.00. The molecule has 0 saturated heterocycles. The lowest BCUT2D eigenvalue weighted by Crippen LogP contribution is -1.91. The van der Waals surface area contributed by atoms with Gasteiger partial charge in [-0.3, -0.25) is 0 Å². The van der Waals surface area contributed by atoms with Gasteiger partial charge in [0, 0.05) is 19.7 Å². The van der Waals surface area contributed by atoms with Crippen LogP contribution >= 0.6 is 43.5 Å². The Morgan fingerprint density at radius 3 is 2.53 bits per heavy atom. The fourth-order valence-electron chi connectivity index (χ4n) is 1.40. The van der Waals surface area contributed by atoms with Gasteiger partial charge in [-0.2, -0.15) is 0 Å². The summed E-state index contributed by atoms with van der Waals surface area (Å²) in [7, 11) is 0. The number of benzene rings is 2. The van der Waals surface area contributed by atoms with Crippen molar-refractivity contribution in [3.8, 4) is 0 Å². The highest BCUT2D eigenvalue weighted by atomic mass is 79.9. The number of fused-ring (bicyclic) bond motifs is 1. The van der Waals surface area contributed by atoms with Crippen molar-refractivity contribution in [1.29, 1.82) is 0 Å². The van der Waals surface area contributed by atoms with Crippen LogP contribution in [0.15, 0.2) is 27.1 Å². The Labute approximate surface area is 108 Å². The lowest BCUT2D eigenvalue weighted by atomic mass is 10.1. The number of nitrogens with two attached hydrogens (primary N) is 1. The van der Waals surface area contributed by atoms with Crippen LogP contribution in [-0.2, 0) is 0 Å². The molecule has 78 valence electrons. The Bertz CT molecular complexity index is 557. The molecular weight excluding hydrogens is 348 g/mol. The van der Waals surface area contributed by atoms with E-state index in [2.05, 4.69) is 31.9 Å². The van der Waals surface area contributed by atoms with Gasteiger partial charge in [-0.1, -0.05) is 27.5 Å². The smallest absolute Gasteiger partial charge is 0.142 e. The summed E-state index contributed by atoms with van der Waals surface area (Å²) in [5.74, 6) is -0.452. The lowest BCUT2D eigenvalue weighted by molar-refractivity contribution is 0.630. The molecular formula is C10H5Br2ClFN. The fraction of sp³-hybridized carbons (Fsp3) is 0. The van der Waals surface area contributed by atoms with Crippen molar-refractivity contribution in [3.63, 3.8) is 0 Å². The zero-order chi connectivity index (χ0) is 11.2. The molecule has 0 amide bonds. The van der Waals surface area contributed by atoms with Crippen LogP contribution in [0, 0.1) is 5.82 Å². The summed E-state index contributed by atoms with van der Waals surface area (Å²) < 4.78 is 14.7. The minimum atomic E-state index is -0.452. The molecule has 0 bridgehead atoms. The third-order valence-electron chi connectivity index (χ3n) is 2.13. The quantitative estimate of drug-likeness (QED) is 0.680. The van der Waals surface area contributed by atoms with Crippen molar-refractivity contribution in [2.24, 2.45) is 0 Å². The number of hydrogen-bond acceptors (Lipinski definition) is 1.